The molecule has 0 nitrogen and oxygen atoms in total. The van der Waals surface area contributed by atoms with E-state index in [9.17, 15) is 0 Å². The minimum atomic E-state index is 0.955. The highest BCUT2D eigenvalue weighted by atomic mass is 127. The van der Waals surface area contributed by atoms with Gasteiger partial charge in [0.1, 0.15) is 0 Å². The van der Waals surface area contributed by atoms with Crippen LogP contribution >= 0.6 is 45.2 Å². The second-order valence-electron chi connectivity index (χ2n) is 6.62. The van der Waals surface area contributed by atoms with Gasteiger partial charge in [0.25, 0.3) is 0 Å². The maximum Gasteiger partial charge on any atom is -0.00251 e. The Hall–Kier alpha value is 0.940. The van der Waals surface area contributed by atoms with E-state index in [1.165, 1.54) is 51.4 Å². The Morgan fingerprint density at radius 1 is 0.500 bits per heavy atom. The molecule has 4 rings (SSSR count). The zero-order valence-corrected chi connectivity index (χ0v) is 15.0. The van der Waals surface area contributed by atoms with E-state index in [-0.39, 0.29) is 0 Å². The second kappa shape index (κ2) is 4.74. The van der Waals surface area contributed by atoms with E-state index in [4.69, 9.17) is 0 Å². The summed E-state index contributed by atoms with van der Waals surface area (Å²) in [6.45, 7) is 0. The lowest BCUT2D eigenvalue weighted by atomic mass is 9.94. The molecular weight excluding hydrogens is 446 g/mol. The molecule has 0 aromatic heterocycles. The maximum absolute atomic E-state index is 2.71. The van der Waals surface area contributed by atoms with Gasteiger partial charge in [-0.1, -0.05) is 0 Å². The molecule has 0 aliphatic heterocycles. The van der Waals surface area contributed by atoms with E-state index in [1.807, 2.05) is 11.1 Å². The fourth-order valence-corrected chi connectivity index (χ4v) is 5.65. The van der Waals surface area contributed by atoms with Gasteiger partial charge in [-0.3, -0.25) is 0 Å². The molecule has 4 aliphatic rings. The molecule has 0 bridgehead atoms. The molecule has 4 saturated carbocycles. The van der Waals surface area contributed by atoms with Gasteiger partial charge in [-0.05, 0) is 139 Å². The van der Waals surface area contributed by atoms with Gasteiger partial charge in [0.2, 0.25) is 0 Å². The lowest BCUT2D eigenvalue weighted by molar-refractivity contribution is 0.876. The van der Waals surface area contributed by atoms with Crippen LogP contribution in [0.15, 0.2) is 18.3 Å². The third-order valence-corrected chi connectivity index (χ3v) is 7.57. The van der Waals surface area contributed by atoms with E-state index in [0.717, 1.165) is 23.7 Å². The smallest absolute Gasteiger partial charge is 0.00251 e. The number of allylic oxidation sites excluding steroid dienone is 4. The monoisotopic (exact) mass is 466 g/mol. The molecule has 98 valence electrons. The van der Waals surface area contributed by atoms with Crippen molar-refractivity contribution in [1.29, 1.82) is 0 Å². The third kappa shape index (κ3) is 2.57. The average Bonchev–Trinajstić information content (AvgIpc) is 3.23. The first-order chi connectivity index (χ1) is 8.75. The fraction of sp³-hybridized carbons (Fsp3) is 0.750. The molecule has 0 atom stereocenters. The van der Waals surface area contributed by atoms with E-state index in [1.54, 1.807) is 7.16 Å². The minimum Gasteiger partial charge on any atom is -0.0485 e. The predicted molar refractivity (Wildman–Crippen MR) is 93.0 cm³/mol. The normalized spacial score (nSPS) is 31.0. The van der Waals surface area contributed by atoms with E-state index < -0.39 is 0 Å². The number of halogens is 2. The topological polar surface area (TPSA) is 0 Å². The van der Waals surface area contributed by atoms with Crippen molar-refractivity contribution >= 4 is 45.2 Å². The standard InChI is InChI=1S/C16H20I2/c17-15(11-5-6-11)13(9-1-2-9)14(10-3-4-10)16(18)12-7-8-12/h9-12H,1-8H2/b15-13-,16-14-. The van der Waals surface area contributed by atoms with Crippen molar-refractivity contribution in [2.24, 2.45) is 23.7 Å². The summed E-state index contributed by atoms with van der Waals surface area (Å²) in [4.78, 5) is 0. The summed E-state index contributed by atoms with van der Waals surface area (Å²) in [5, 5.41) is 0. The zero-order valence-electron chi connectivity index (χ0n) is 10.7. The Labute approximate surface area is 137 Å². The molecule has 4 aliphatic carbocycles. The number of rotatable bonds is 5. The average molecular weight is 466 g/mol. The van der Waals surface area contributed by atoms with Crippen molar-refractivity contribution in [3.63, 3.8) is 0 Å². The van der Waals surface area contributed by atoms with E-state index in [0.29, 0.717) is 0 Å². The summed E-state index contributed by atoms with van der Waals surface area (Å²) in [5.41, 5.74) is 3.72. The molecule has 4 fully saturated rings. The Bertz CT molecular complexity index is 388. The molecule has 0 aromatic rings. The molecule has 0 aromatic carbocycles. The summed E-state index contributed by atoms with van der Waals surface area (Å²) in [6.07, 6.45) is 11.7. The quantitative estimate of drug-likeness (QED) is 0.344. The van der Waals surface area contributed by atoms with Gasteiger partial charge in [0.15, 0.2) is 0 Å². The Balaban J connectivity index is 1.75. The van der Waals surface area contributed by atoms with Gasteiger partial charge in [-0.25, -0.2) is 0 Å². The van der Waals surface area contributed by atoms with Crippen molar-refractivity contribution in [1.82, 2.24) is 0 Å². The first-order valence-electron chi connectivity index (χ1n) is 7.55. The van der Waals surface area contributed by atoms with Crippen molar-refractivity contribution in [3.8, 4) is 0 Å². The summed E-state index contributed by atoms with van der Waals surface area (Å²) in [6, 6.07) is 0. The molecule has 0 N–H and O–H groups in total. The van der Waals surface area contributed by atoms with Crippen LogP contribution in [0.3, 0.4) is 0 Å². The first-order valence-corrected chi connectivity index (χ1v) is 9.71. The van der Waals surface area contributed by atoms with E-state index >= 15 is 0 Å². The molecule has 18 heavy (non-hydrogen) atoms. The van der Waals surface area contributed by atoms with Crippen LogP contribution < -0.4 is 0 Å². The SMILES string of the molecule is I/C(=C(\C(=C(/I)C1CC1)C1CC1)C1CC1)C1CC1. The van der Waals surface area contributed by atoms with Gasteiger partial charge < -0.3 is 0 Å². The lowest BCUT2D eigenvalue weighted by Crippen LogP contribution is -2.02. The van der Waals surface area contributed by atoms with Crippen molar-refractivity contribution < 1.29 is 0 Å². The van der Waals surface area contributed by atoms with Gasteiger partial charge in [0, 0.05) is 0 Å². The van der Waals surface area contributed by atoms with Crippen LogP contribution in [0, 0.1) is 23.7 Å². The second-order valence-corrected chi connectivity index (χ2v) is 8.94. The van der Waals surface area contributed by atoms with Crippen molar-refractivity contribution in [2.75, 3.05) is 0 Å². The maximum atomic E-state index is 2.71. The van der Waals surface area contributed by atoms with Crippen LogP contribution in [0.5, 0.6) is 0 Å². The Kier molecular flexibility index (Phi) is 3.34. The van der Waals surface area contributed by atoms with Crippen LogP contribution in [-0.4, -0.2) is 0 Å². The highest BCUT2D eigenvalue weighted by Gasteiger charge is 2.42. The molecule has 0 saturated heterocycles. The van der Waals surface area contributed by atoms with Crippen molar-refractivity contribution in [3.05, 3.63) is 18.3 Å². The van der Waals surface area contributed by atoms with Crippen LogP contribution in [0.2, 0.25) is 0 Å². The largest absolute Gasteiger partial charge is 0.0485 e. The number of hydrogen-bond acceptors (Lipinski definition) is 0. The molecule has 0 heterocycles. The summed E-state index contributed by atoms with van der Waals surface area (Å²) in [5.74, 6) is 3.82. The fourth-order valence-electron chi connectivity index (χ4n) is 2.94. The number of hydrogen-bond donors (Lipinski definition) is 0. The summed E-state index contributed by atoms with van der Waals surface area (Å²) < 4.78 is 3.54. The lowest BCUT2D eigenvalue weighted by Gasteiger charge is -2.17. The van der Waals surface area contributed by atoms with Gasteiger partial charge >= 0.3 is 0 Å². The van der Waals surface area contributed by atoms with Crippen LogP contribution in [0.25, 0.3) is 0 Å². The molecule has 0 spiro atoms. The highest BCUT2D eigenvalue weighted by molar-refractivity contribution is 14.1. The molecule has 0 amide bonds. The summed E-state index contributed by atoms with van der Waals surface area (Å²) in [7, 11) is 0. The first kappa shape index (κ1) is 12.7. The zero-order chi connectivity index (χ0) is 12.3. The Morgan fingerprint density at radius 2 is 0.778 bits per heavy atom. The minimum absolute atomic E-state index is 0.955. The third-order valence-electron chi connectivity index (χ3n) is 4.65. The highest BCUT2D eigenvalue weighted by Crippen LogP contribution is 2.57. The summed E-state index contributed by atoms with van der Waals surface area (Å²) >= 11 is 5.41. The predicted octanol–water partition coefficient (Wildman–Crippen LogP) is 6.00. The van der Waals surface area contributed by atoms with Crippen molar-refractivity contribution in [2.45, 2.75) is 51.4 Å². The van der Waals surface area contributed by atoms with Crippen LogP contribution in [-0.2, 0) is 0 Å². The molecule has 2 heteroatoms. The molecule has 0 unspecified atom stereocenters. The van der Waals surface area contributed by atoms with Gasteiger partial charge in [-0.2, -0.15) is 0 Å². The van der Waals surface area contributed by atoms with Crippen LogP contribution in [0.1, 0.15) is 51.4 Å². The Morgan fingerprint density at radius 3 is 1.00 bits per heavy atom. The van der Waals surface area contributed by atoms with E-state index in [2.05, 4.69) is 45.2 Å². The van der Waals surface area contributed by atoms with Gasteiger partial charge in [-0.15, -0.1) is 0 Å². The van der Waals surface area contributed by atoms with Gasteiger partial charge in [0.05, 0.1) is 0 Å². The molecular formula is C16H20I2. The molecule has 0 radical (unpaired) electrons. The van der Waals surface area contributed by atoms with Crippen LogP contribution in [0.4, 0.5) is 0 Å².